The minimum absolute atomic E-state index is 0. The number of unbranched alkanes of at least 4 members (excludes halogenated alkanes) is 2. The maximum Gasteiger partial charge on any atom is 0.233 e. The fraction of sp³-hybridized carbons (Fsp3) is 0.375. The van der Waals surface area contributed by atoms with Crippen LogP contribution in [0.25, 0.3) is 0 Å². The standard InChI is InChI=1S/C23H30FN7O.CH4/c1-16-5-7-17(8-6-16)20(32)15-27-22-29-21(26-14-4-2-3-13-25)30-23(31-22)28-19-11-9-18(24)10-12-19;/h5-12,20,32H,2-4,13-15,25H2,1H3,(H3,26,27,28,29,30,31);1H4. The number of anilines is 4. The monoisotopic (exact) mass is 455 g/mol. The molecule has 1 aromatic heterocycles. The lowest BCUT2D eigenvalue weighted by Crippen LogP contribution is -2.16. The van der Waals surface area contributed by atoms with Crippen molar-refractivity contribution in [2.24, 2.45) is 5.73 Å². The van der Waals surface area contributed by atoms with E-state index in [2.05, 4.69) is 30.9 Å². The van der Waals surface area contributed by atoms with E-state index in [1.54, 1.807) is 12.1 Å². The van der Waals surface area contributed by atoms with Gasteiger partial charge in [-0.1, -0.05) is 43.7 Å². The minimum atomic E-state index is -0.714. The molecule has 9 heteroatoms. The van der Waals surface area contributed by atoms with Crippen molar-refractivity contribution in [3.8, 4) is 0 Å². The molecule has 33 heavy (non-hydrogen) atoms. The van der Waals surface area contributed by atoms with Crippen LogP contribution in [0.4, 0.5) is 27.9 Å². The summed E-state index contributed by atoms with van der Waals surface area (Å²) in [5, 5.41) is 19.8. The molecule has 3 rings (SSSR count). The highest BCUT2D eigenvalue weighted by Gasteiger charge is 2.11. The van der Waals surface area contributed by atoms with Gasteiger partial charge in [0.15, 0.2) is 0 Å². The molecule has 0 aliphatic carbocycles. The van der Waals surface area contributed by atoms with Crippen molar-refractivity contribution in [1.82, 2.24) is 15.0 Å². The Morgan fingerprint density at radius 1 is 0.879 bits per heavy atom. The molecule has 0 fully saturated rings. The molecule has 0 saturated heterocycles. The molecule has 178 valence electrons. The number of aromatic nitrogens is 3. The SMILES string of the molecule is C.Cc1ccc(C(O)CNc2nc(NCCCCCN)nc(Nc3ccc(F)cc3)n2)cc1. The topological polar surface area (TPSA) is 121 Å². The summed E-state index contributed by atoms with van der Waals surface area (Å²) in [7, 11) is 0. The number of aliphatic hydroxyl groups excluding tert-OH is 1. The summed E-state index contributed by atoms with van der Waals surface area (Å²) >= 11 is 0. The van der Waals surface area contributed by atoms with Gasteiger partial charge in [-0.3, -0.25) is 0 Å². The number of aryl methyl sites for hydroxylation is 1. The molecule has 0 spiro atoms. The van der Waals surface area contributed by atoms with Gasteiger partial charge in [0.1, 0.15) is 5.82 Å². The van der Waals surface area contributed by atoms with Crippen LogP contribution in [-0.2, 0) is 0 Å². The summed E-state index contributed by atoms with van der Waals surface area (Å²) in [6.07, 6.45) is 2.22. The van der Waals surface area contributed by atoms with Gasteiger partial charge in [-0.25, -0.2) is 4.39 Å². The first-order valence-corrected chi connectivity index (χ1v) is 10.7. The Labute approximate surface area is 194 Å². The van der Waals surface area contributed by atoms with E-state index in [0.717, 1.165) is 30.4 Å². The summed E-state index contributed by atoms with van der Waals surface area (Å²) in [6, 6.07) is 13.6. The number of nitrogens with zero attached hydrogens (tertiary/aromatic N) is 3. The molecule has 0 amide bonds. The van der Waals surface area contributed by atoms with Gasteiger partial charge in [-0.2, -0.15) is 15.0 Å². The van der Waals surface area contributed by atoms with E-state index in [4.69, 9.17) is 5.73 Å². The highest BCUT2D eigenvalue weighted by atomic mass is 19.1. The van der Waals surface area contributed by atoms with Gasteiger partial charge in [0.05, 0.1) is 6.10 Å². The van der Waals surface area contributed by atoms with E-state index in [0.29, 0.717) is 36.6 Å². The van der Waals surface area contributed by atoms with Gasteiger partial charge < -0.3 is 26.8 Å². The first kappa shape index (κ1) is 26.0. The first-order chi connectivity index (χ1) is 15.5. The molecule has 0 aliphatic rings. The van der Waals surface area contributed by atoms with E-state index in [-0.39, 0.29) is 19.8 Å². The number of aliphatic hydroxyl groups is 1. The van der Waals surface area contributed by atoms with Crippen molar-refractivity contribution >= 4 is 23.5 Å². The summed E-state index contributed by atoms with van der Waals surface area (Å²) in [4.78, 5) is 13.2. The van der Waals surface area contributed by atoms with Crippen LogP contribution in [0.2, 0.25) is 0 Å². The molecule has 8 nitrogen and oxygen atoms in total. The van der Waals surface area contributed by atoms with Crippen molar-refractivity contribution in [3.05, 3.63) is 65.5 Å². The largest absolute Gasteiger partial charge is 0.387 e. The van der Waals surface area contributed by atoms with Gasteiger partial charge in [-0.15, -0.1) is 0 Å². The van der Waals surface area contributed by atoms with E-state index < -0.39 is 6.10 Å². The number of hydrogen-bond donors (Lipinski definition) is 5. The zero-order chi connectivity index (χ0) is 22.8. The Bertz CT molecular complexity index is 968. The molecule has 2 aromatic carbocycles. The number of hydrogen-bond acceptors (Lipinski definition) is 8. The van der Waals surface area contributed by atoms with Crippen LogP contribution >= 0.6 is 0 Å². The predicted molar refractivity (Wildman–Crippen MR) is 132 cm³/mol. The summed E-state index contributed by atoms with van der Waals surface area (Å²) in [6.45, 7) is 3.61. The van der Waals surface area contributed by atoms with Crippen LogP contribution in [0.15, 0.2) is 48.5 Å². The maximum absolute atomic E-state index is 13.2. The predicted octanol–water partition coefficient (Wildman–Crippen LogP) is 4.39. The van der Waals surface area contributed by atoms with Crippen molar-refractivity contribution in [1.29, 1.82) is 0 Å². The number of rotatable bonds is 12. The average molecular weight is 456 g/mol. The second kappa shape index (κ2) is 13.3. The Morgan fingerprint density at radius 3 is 2.18 bits per heavy atom. The zero-order valence-electron chi connectivity index (χ0n) is 18.2. The molecule has 0 saturated carbocycles. The van der Waals surface area contributed by atoms with E-state index >= 15 is 0 Å². The number of nitrogens with one attached hydrogen (secondary N) is 3. The van der Waals surface area contributed by atoms with Crippen molar-refractivity contribution in [2.45, 2.75) is 39.7 Å². The van der Waals surface area contributed by atoms with E-state index in [9.17, 15) is 9.50 Å². The summed E-state index contributed by atoms with van der Waals surface area (Å²) < 4.78 is 13.2. The lowest BCUT2D eigenvalue weighted by atomic mass is 10.1. The van der Waals surface area contributed by atoms with Gasteiger partial charge in [0.2, 0.25) is 17.8 Å². The fourth-order valence-corrected chi connectivity index (χ4v) is 2.99. The molecular formula is C24H34FN7O. The number of benzene rings is 2. The number of nitrogens with two attached hydrogens (primary N) is 1. The second-order valence-electron chi connectivity index (χ2n) is 7.52. The third-order valence-electron chi connectivity index (χ3n) is 4.82. The third kappa shape index (κ3) is 8.63. The highest BCUT2D eigenvalue weighted by molar-refractivity contribution is 5.55. The Kier molecular flexibility index (Phi) is 10.5. The summed E-state index contributed by atoms with van der Waals surface area (Å²) in [5.41, 5.74) is 8.12. The Hall–Kier alpha value is -3.30. The molecule has 3 aromatic rings. The molecule has 1 heterocycles. The van der Waals surface area contributed by atoms with E-state index in [1.807, 2.05) is 31.2 Å². The molecule has 1 unspecified atom stereocenters. The van der Waals surface area contributed by atoms with Crippen molar-refractivity contribution in [3.63, 3.8) is 0 Å². The molecule has 6 N–H and O–H groups in total. The quantitative estimate of drug-likeness (QED) is 0.255. The van der Waals surface area contributed by atoms with Crippen LogP contribution in [0.5, 0.6) is 0 Å². The average Bonchev–Trinajstić information content (AvgIpc) is 2.79. The van der Waals surface area contributed by atoms with Gasteiger partial charge in [-0.05, 0) is 56.1 Å². The number of halogens is 1. The van der Waals surface area contributed by atoms with Crippen LogP contribution < -0.4 is 21.7 Å². The lowest BCUT2D eigenvalue weighted by molar-refractivity contribution is 0.191. The molecular weight excluding hydrogens is 421 g/mol. The lowest BCUT2D eigenvalue weighted by Gasteiger charge is -2.14. The normalized spacial score (nSPS) is 11.4. The smallest absolute Gasteiger partial charge is 0.233 e. The van der Waals surface area contributed by atoms with Crippen LogP contribution in [0.3, 0.4) is 0 Å². The van der Waals surface area contributed by atoms with Crippen LogP contribution in [0, 0.1) is 12.7 Å². The molecule has 0 aliphatic heterocycles. The van der Waals surface area contributed by atoms with Gasteiger partial charge in [0.25, 0.3) is 0 Å². The third-order valence-corrected chi connectivity index (χ3v) is 4.82. The molecule has 1 atom stereocenters. The second-order valence-corrected chi connectivity index (χ2v) is 7.52. The highest BCUT2D eigenvalue weighted by Crippen LogP contribution is 2.18. The van der Waals surface area contributed by atoms with Crippen molar-refractivity contribution < 1.29 is 9.50 Å². The van der Waals surface area contributed by atoms with Crippen LogP contribution in [0.1, 0.15) is 43.9 Å². The fourth-order valence-electron chi connectivity index (χ4n) is 2.99. The van der Waals surface area contributed by atoms with Crippen LogP contribution in [-0.4, -0.2) is 39.7 Å². The minimum Gasteiger partial charge on any atom is -0.387 e. The van der Waals surface area contributed by atoms with Gasteiger partial charge >= 0.3 is 0 Å². The molecule has 0 bridgehead atoms. The maximum atomic E-state index is 13.2. The Morgan fingerprint density at radius 2 is 1.52 bits per heavy atom. The van der Waals surface area contributed by atoms with Gasteiger partial charge in [0, 0.05) is 18.8 Å². The van der Waals surface area contributed by atoms with E-state index in [1.165, 1.54) is 12.1 Å². The summed E-state index contributed by atoms with van der Waals surface area (Å²) in [5.74, 6) is 0.715. The van der Waals surface area contributed by atoms with Crippen molar-refractivity contribution in [2.75, 3.05) is 35.6 Å². The Balaban J connectivity index is 0.00000385. The molecule has 0 radical (unpaired) electrons. The first-order valence-electron chi connectivity index (χ1n) is 10.7. The zero-order valence-corrected chi connectivity index (χ0v) is 18.2.